The SMILES string of the molecule is CCc1ccccc1C.Cc1ccc(C)c(C)c1. The van der Waals surface area contributed by atoms with Crippen LogP contribution in [0.5, 0.6) is 0 Å². The number of aryl methyl sites for hydroxylation is 5. The predicted molar refractivity (Wildman–Crippen MR) is 81.2 cm³/mol. The van der Waals surface area contributed by atoms with Gasteiger partial charge in [-0.3, -0.25) is 0 Å². The highest BCUT2D eigenvalue weighted by Crippen LogP contribution is 2.07. The lowest BCUT2D eigenvalue weighted by Gasteiger charge is -1.98. The molecular formula is C18H24. The van der Waals surface area contributed by atoms with Crippen molar-refractivity contribution in [3.8, 4) is 0 Å². The topological polar surface area (TPSA) is 0 Å². The quantitative estimate of drug-likeness (QED) is 0.645. The summed E-state index contributed by atoms with van der Waals surface area (Å²) in [7, 11) is 0. The first-order valence-corrected chi connectivity index (χ1v) is 6.63. The molecule has 0 amide bonds. The van der Waals surface area contributed by atoms with Crippen LogP contribution < -0.4 is 0 Å². The van der Waals surface area contributed by atoms with E-state index in [4.69, 9.17) is 0 Å². The summed E-state index contributed by atoms with van der Waals surface area (Å²) in [6.07, 6.45) is 1.15. The molecule has 0 heterocycles. The molecule has 18 heavy (non-hydrogen) atoms. The summed E-state index contributed by atoms with van der Waals surface area (Å²) in [5.41, 5.74) is 6.96. The molecule has 2 rings (SSSR count). The fraction of sp³-hybridized carbons (Fsp3) is 0.333. The van der Waals surface area contributed by atoms with Crippen LogP contribution >= 0.6 is 0 Å². The van der Waals surface area contributed by atoms with Gasteiger partial charge in [0.15, 0.2) is 0 Å². The minimum absolute atomic E-state index is 1.15. The minimum atomic E-state index is 1.15. The Hall–Kier alpha value is -1.56. The van der Waals surface area contributed by atoms with E-state index in [1.165, 1.54) is 27.8 Å². The molecular weight excluding hydrogens is 216 g/mol. The lowest BCUT2D eigenvalue weighted by atomic mass is 10.1. The van der Waals surface area contributed by atoms with Crippen molar-refractivity contribution in [1.82, 2.24) is 0 Å². The maximum atomic E-state index is 2.20. The Balaban J connectivity index is 0.000000180. The molecule has 0 aliphatic carbocycles. The van der Waals surface area contributed by atoms with Crippen LogP contribution in [0.25, 0.3) is 0 Å². The summed E-state index contributed by atoms with van der Waals surface area (Å²) in [5.74, 6) is 0. The first-order chi connectivity index (χ1) is 8.54. The van der Waals surface area contributed by atoms with Crippen molar-refractivity contribution in [2.75, 3.05) is 0 Å². The zero-order chi connectivity index (χ0) is 13.5. The first kappa shape index (κ1) is 14.5. The fourth-order valence-electron chi connectivity index (χ4n) is 1.90. The van der Waals surface area contributed by atoms with Crippen molar-refractivity contribution >= 4 is 0 Å². The van der Waals surface area contributed by atoms with E-state index in [2.05, 4.69) is 77.1 Å². The molecule has 96 valence electrons. The largest absolute Gasteiger partial charge is 0.0620 e. The molecule has 0 nitrogen and oxygen atoms in total. The Labute approximate surface area is 112 Å². The third-order valence-electron chi connectivity index (χ3n) is 3.30. The average Bonchev–Trinajstić information content (AvgIpc) is 2.36. The molecule has 0 aliphatic rings. The monoisotopic (exact) mass is 240 g/mol. The van der Waals surface area contributed by atoms with E-state index >= 15 is 0 Å². The molecule has 0 atom stereocenters. The Morgan fingerprint density at radius 1 is 0.722 bits per heavy atom. The molecule has 0 N–H and O–H groups in total. The van der Waals surface area contributed by atoms with Gasteiger partial charge in [-0.2, -0.15) is 0 Å². The molecule has 0 bridgehead atoms. The molecule has 0 unspecified atom stereocenters. The van der Waals surface area contributed by atoms with Crippen LogP contribution in [0.4, 0.5) is 0 Å². The van der Waals surface area contributed by atoms with Crippen LogP contribution in [0.1, 0.15) is 34.7 Å². The smallest absolute Gasteiger partial charge is 0.0305 e. The summed E-state index contributed by atoms with van der Waals surface area (Å²) in [5, 5.41) is 0. The van der Waals surface area contributed by atoms with E-state index in [9.17, 15) is 0 Å². The second-order valence-corrected chi connectivity index (χ2v) is 4.87. The Bertz CT molecular complexity index is 495. The minimum Gasteiger partial charge on any atom is -0.0620 e. The standard InChI is InChI=1S/2C9H12/c1-7-4-5-8(2)9(3)6-7;1-3-9-7-5-4-6-8(9)2/h4-6H,1-3H3;4-7H,3H2,1-2H3. The number of rotatable bonds is 1. The summed E-state index contributed by atoms with van der Waals surface area (Å²) in [4.78, 5) is 0. The second kappa shape index (κ2) is 7.00. The molecule has 0 spiro atoms. The van der Waals surface area contributed by atoms with Gasteiger partial charge in [0.25, 0.3) is 0 Å². The predicted octanol–water partition coefficient (Wildman–Crippen LogP) is 5.17. The van der Waals surface area contributed by atoms with Crippen LogP contribution in [0.15, 0.2) is 42.5 Å². The highest BCUT2D eigenvalue weighted by atomic mass is 14.0. The third kappa shape index (κ3) is 4.37. The molecule has 0 aliphatic heterocycles. The summed E-state index contributed by atoms with van der Waals surface area (Å²) in [6, 6.07) is 15.0. The molecule has 2 aromatic rings. The summed E-state index contributed by atoms with van der Waals surface area (Å²) >= 11 is 0. The molecule has 0 fully saturated rings. The van der Waals surface area contributed by atoms with Gasteiger partial charge in [0, 0.05) is 0 Å². The van der Waals surface area contributed by atoms with E-state index in [0.717, 1.165) is 6.42 Å². The van der Waals surface area contributed by atoms with Crippen LogP contribution in [0.2, 0.25) is 0 Å². The number of benzene rings is 2. The normalized spacial score (nSPS) is 9.61. The van der Waals surface area contributed by atoms with Crippen molar-refractivity contribution in [2.24, 2.45) is 0 Å². The van der Waals surface area contributed by atoms with E-state index in [1.807, 2.05) is 0 Å². The van der Waals surface area contributed by atoms with Gasteiger partial charge >= 0.3 is 0 Å². The number of hydrogen-bond donors (Lipinski definition) is 0. The Kier molecular flexibility index (Phi) is 5.64. The molecule has 2 aromatic carbocycles. The molecule has 0 heteroatoms. The van der Waals surface area contributed by atoms with Crippen LogP contribution in [-0.2, 0) is 6.42 Å². The Morgan fingerprint density at radius 3 is 1.83 bits per heavy atom. The van der Waals surface area contributed by atoms with E-state index < -0.39 is 0 Å². The van der Waals surface area contributed by atoms with Gasteiger partial charge in [0.05, 0.1) is 0 Å². The van der Waals surface area contributed by atoms with Crippen molar-refractivity contribution in [3.05, 3.63) is 70.3 Å². The zero-order valence-electron chi connectivity index (χ0n) is 12.2. The van der Waals surface area contributed by atoms with Crippen LogP contribution in [0, 0.1) is 27.7 Å². The van der Waals surface area contributed by atoms with Crippen molar-refractivity contribution < 1.29 is 0 Å². The maximum absolute atomic E-state index is 2.20. The second-order valence-electron chi connectivity index (χ2n) is 4.87. The van der Waals surface area contributed by atoms with Crippen molar-refractivity contribution in [1.29, 1.82) is 0 Å². The zero-order valence-corrected chi connectivity index (χ0v) is 12.2. The van der Waals surface area contributed by atoms with Crippen LogP contribution in [0.3, 0.4) is 0 Å². The highest BCUT2D eigenvalue weighted by molar-refractivity contribution is 5.28. The van der Waals surface area contributed by atoms with E-state index in [0.29, 0.717) is 0 Å². The molecule has 0 aromatic heterocycles. The highest BCUT2D eigenvalue weighted by Gasteiger charge is 1.90. The molecule has 0 saturated heterocycles. The van der Waals surface area contributed by atoms with Gasteiger partial charge in [-0.25, -0.2) is 0 Å². The van der Waals surface area contributed by atoms with Gasteiger partial charge in [0.1, 0.15) is 0 Å². The van der Waals surface area contributed by atoms with E-state index in [1.54, 1.807) is 0 Å². The third-order valence-corrected chi connectivity index (χ3v) is 3.30. The van der Waals surface area contributed by atoms with Gasteiger partial charge in [-0.05, 0) is 56.4 Å². The van der Waals surface area contributed by atoms with Crippen molar-refractivity contribution in [2.45, 2.75) is 41.0 Å². The molecule has 0 saturated carbocycles. The maximum Gasteiger partial charge on any atom is -0.0305 e. The van der Waals surface area contributed by atoms with Gasteiger partial charge in [-0.1, -0.05) is 55.0 Å². The first-order valence-electron chi connectivity index (χ1n) is 6.63. The Morgan fingerprint density at radius 2 is 1.39 bits per heavy atom. The lowest BCUT2D eigenvalue weighted by Crippen LogP contribution is -1.82. The summed E-state index contributed by atoms with van der Waals surface area (Å²) in [6.45, 7) is 10.7. The average molecular weight is 240 g/mol. The molecule has 0 radical (unpaired) electrons. The van der Waals surface area contributed by atoms with Gasteiger partial charge < -0.3 is 0 Å². The summed E-state index contributed by atoms with van der Waals surface area (Å²) < 4.78 is 0. The fourth-order valence-corrected chi connectivity index (χ4v) is 1.90. The number of hydrogen-bond acceptors (Lipinski definition) is 0. The van der Waals surface area contributed by atoms with Crippen molar-refractivity contribution in [3.63, 3.8) is 0 Å². The van der Waals surface area contributed by atoms with E-state index in [-0.39, 0.29) is 0 Å². The van der Waals surface area contributed by atoms with Crippen LogP contribution in [-0.4, -0.2) is 0 Å². The van der Waals surface area contributed by atoms with Gasteiger partial charge in [0.2, 0.25) is 0 Å². The van der Waals surface area contributed by atoms with Gasteiger partial charge in [-0.15, -0.1) is 0 Å². The lowest BCUT2D eigenvalue weighted by molar-refractivity contribution is 1.11.